The predicted molar refractivity (Wildman–Crippen MR) is 53.9 cm³/mol. The van der Waals surface area contributed by atoms with Gasteiger partial charge in [0.1, 0.15) is 0 Å². The lowest BCUT2D eigenvalue weighted by atomic mass is 10.3. The highest BCUT2D eigenvalue weighted by atomic mass is 32.2. The second-order valence-corrected chi connectivity index (χ2v) is 4.04. The maximum atomic E-state index is 12.8. The van der Waals surface area contributed by atoms with Crippen molar-refractivity contribution in [3.05, 3.63) is 41.3 Å². The number of hydrogen-bond acceptors (Lipinski definition) is 3. The quantitative estimate of drug-likeness (QED) is 0.603. The molecule has 1 rings (SSSR count). The molecule has 3 nitrogen and oxygen atoms in total. The zero-order valence-electron chi connectivity index (χ0n) is 8.28. The smallest absolute Gasteiger partial charge is 0.331 e. The summed E-state index contributed by atoms with van der Waals surface area (Å²) in [4.78, 5) is 10.8. The van der Waals surface area contributed by atoms with E-state index in [9.17, 15) is 17.8 Å². The van der Waals surface area contributed by atoms with E-state index in [0.29, 0.717) is 0 Å². The van der Waals surface area contributed by atoms with Gasteiger partial charge < -0.3 is 4.74 Å². The van der Waals surface area contributed by atoms with Crippen molar-refractivity contribution in [3.8, 4) is 0 Å². The molecular weight excluding hydrogens is 238 g/mol. The highest BCUT2D eigenvalue weighted by molar-refractivity contribution is 7.88. The van der Waals surface area contributed by atoms with Crippen molar-refractivity contribution in [1.82, 2.24) is 0 Å². The van der Waals surface area contributed by atoms with Crippen molar-refractivity contribution in [3.63, 3.8) is 0 Å². The minimum absolute atomic E-state index is 0.0686. The van der Waals surface area contributed by atoms with Crippen LogP contribution in [0.4, 0.5) is 8.78 Å². The van der Waals surface area contributed by atoms with Gasteiger partial charge in [-0.1, -0.05) is 0 Å². The van der Waals surface area contributed by atoms with Crippen molar-refractivity contribution >= 4 is 16.8 Å². The van der Waals surface area contributed by atoms with Gasteiger partial charge in [-0.05, 0) is 18.2 Å². The van der Waals surface area contributed by atoms with Crippen LogP contribution in [0.1, 0.15) is 0 Å². The summed E-state index contributed by atoms with van der Waals surface area (Å²) in [6.07, 6.45) is 0.956. The average molecular weight is 246 g/mol. The molecule has 1 unspecified atom stereocenters. The summed E-state index contributed by atoms with van der Waals surface area (Å²) in [5.74, 6) is -2.77. The fourth-order valence-corrected chi connectivity index (χ4v) is 1.68. The summed E-state index contributed by atoms with van der Waals surface area (Å²) in [5.41, 5.74) is 0. The van der Waals surface area contributed by atoms with Crippen LogP contribution in [0.5, 0.6) is 0 Å². The number of esters is 1. The van der Waals surface area contributed by atoms with Crippen molar-refractivity contribution in [2.45, 2.75) is 4.90 Å². The first-order valence-corrected chi connectivity index (χ1v) is 5.37. The van der Waals surface area contributed by atoms with E-state index in [-0.39, 0.29) is 4.90 Å². The maximum Gasteiger partial charge on any atom is 0.331 e. The van der Waals surface area contributed by atoms with Crippen LogP contribution >= 0.6 is 0 Å². The highest BCUT2D eigenvalue weighted by Crippen LogP contribution is 2.12. The molecule has 0 bridgehead atoms. The third-order valence-electron chi connectivity index (χ3n) is 1.65. The van der Waals surface area contributed by atoms with Crippen LogP contribution in [-0.4, -0.2) is 17.3 Å². The van der Waals surface area contributed by atoms with Crippen LogP contribution in [0.2, 0.25) is 0 Å². The fraction of sp³-hybridized carbons (Fsp3) is 0.100. The first kappa shape index (κ1) is 12.5. The average Bonchev–Trinajstić information content (AvgIpc) is 2.29. The number of benzene rings is 1. The Labute approximate surface area is 93.2 Å². The minimum atomic E-state index is -1.71. The molecule has 0 radical (unpaired) electrons. The molecule has 0 aliphatic heterocycles. The van der Waals surface area contributed by atoms with Crippen LogP contribution in [0.3, 0.4) is 0 Å². The van der Waals surface area contributed by atoms with E-state index in [1.54, 1.807) is 0 Å². The molecule has 6 heteroatoms. The predicted octanol–water partition coefficient (Wildman–Crippen LogP) is 1.76. The van der Waals surface area contributed by atoms with Crippen molar-refractivity contribution in [2.75, 3.05) is 7.11 Å². The van der Waals surface area contributed by atoms with Crippen molar-refractivity contribution in [2.24, 2.45) is 0 Å². The molecule has 0 saturated carbocycles. The van der Waals surface area contributed by atoms with E-state index < -0.39 is 28.4 Å². The number of hydrogen-bond donors (Lipinski definition) is 0. The molecule has 0 saturated heterocycles. The van der Waals surface area contributed by atoms with Crippen LogP contribution in [-0.2, 0) is 20.3 Å². The van der Waals surface area contributed by atoms with Crippen LogP contribution in [0, 0.1) is 11.6 Å². The Kier molecular flexibility index (Phi) is 4.30. The number of carbonyl (C=O) groups excluding carboxylic acids is 1. The lowest BCUT2D eigenvalue weighted by molar-refractivity contribution is -0.134. The Bertz CT molecular complexity index is 457. The molecule has 16 heavy (non-hydrogen) atoms. The van der Waals surface area contributed by atoms with Gasteiger partial charge in [-0.15, -0.1) is 0 Å². The fourth-order valence-electron chi connectivity index (χ4n) is 0.866. The molecule has 0 amide bonds. The minimum Gasteiger partial charge on any atom is -0.466 e. The lowest BCUT2D eigenvalue weighted by Crippen LogP contribution is -1.96. The van der Waals surface area contributed by atoms with E-state index in [1.165, 1.54) is 13.2 Å². The van der Waals surface area contributed by atoms with Gasteiger partial charge in [-0.25, -0.2) is 17.8 Å². The number of carbonyl (C=O) groups is 1. The third-order valence-corrected chi connectivity index (χ3v) is 2.75. The van der Waals surface area contributed by atoms with E-state index in [0.717, 1.165) is 23.6 Å². The van der Waals surface area contributed by atoms with E-state index >= 15 is 0 Å². The first-order chi connectivity index (χ1) is 7.54. The van der Waals surface area contributed by atoms with Gasteiger partial charge >= 0.3 is 5.97 Å². The highest BCUT2D eigenvalue weighted by Gasteiger charge is 2.06. The van der Waals surface area contributed by atoms with Gasteiger partial charge in [-0.3, -0.25) is 0 Å². The van der Waals surface area contributed by atoms with Crippen LogP contribution in [0.25, 0.3) is 0 Å². The molecule has 0 fully saturated rings. The van der Waals surface area contributed by atoms with Crippen molar-refractivity contribution < 1.29 is 22.5 Å². The second-order valence-electron chi connectivity index (χ2n) is 2.70. The zero-order valence-corrected chi connectivity index (χ0v) is 9.09. The lowest BCUT2D eigenvalue weighted by Gasteiger charge is -1.97. The van der Waals surface area contributed by atoms with Gasteiger partial charge in [0.2, 0.25) is 0 Å². The SMILES string of the molecule is COC(=O)/C=C/S(=O)c1ccc(F)c(F)c1. The van der Waals surface area contributed by atoms with Gasteiger partial charge in [0.05, 0.1) is 17.9 Å². The molecule has 1 aromatic rings. The second kappa shape index (κ2) is 5.50. The summed E-state index contributed by atoms with van der Waals surface area (Å²) in [7, 11) is -0.538. The Morgan fingerprint density at radius 2 is 2.06 bits per heavy atom. The zero-order chi connectivity index (χ0) is 12.1. The maximum absolute atomic E-state index is 12.8. The standard InChI is InChI=1S/C10H8F2O3S/c1-15-10(13)4-5-16(14)7-2-3-8(11)9(12)6-7/h2-6H,1H3/b5-4+. The topological polar surface area (TPSA) is 43.4 Å². The number of methoxy groups -OCH3 is 1. The van der Waals surface area contributed by atoms with Crippen LogP contribution < -0.4 is 0 Å². The van der Waals surface area contributed by atoms with Crippen LogP contribution in [0.15, 0.2) is 34.6 Å². The Morgan fingerprint density at radius 3 is 2.62 bits per heavy atom. The van der Waals surface area contributed by atoms with Gasteiger partial charge in [0.25, 0.3) is 0 Å². The molecule has 0 aliphatic rings. The monoisotopic (exact) mass is 246 g/mol. The number of rotatable bonds is 3. The van der Waals surface area contributed by atoms with Gasteiger partial charge in [-0.2, -0.15) is 0 Å². The molecule has 0 spiro atoms. The molecular formula is C10H8F2O3S. The van der Waals surface area contributed by atoms with Gasteiger partial charge in [0.15, 0.2) is 11.6 Å². The van der Waals surface area contributed by atoms with E-state index in [1.807, 2.05) is 0 Å². The molecule has 0 aliphatic carbocycles. The number of halogens is 2. The van der Waals surface area contributed by atoms with E-state index in [2.05, 4.69) is 4.74 Å². The first-order valence-electron chi connectivity index (χ1n) is 4.16. The summed E-state index contributed by atoms with van der Waals surface area (Å²) >= 11 is 0. The molecule has 86 valence electrons. The van der Waals surface area contributed by atoms with E-state index in [4.69, 9.17) is 0 Å². The Hall–Kier alpha value is -1.56. The number of ether oxygens (including phenoxy) is 1. The Morgan fingerprint density at radius 1 is 1.38 bits per heavy atom. The normalized spacial score (nSPS) is 12.7. The molecule has 0 N–H and O–H groups in total. The third kappa shape index (κ3) is 3.23. The summed E-state index contributed by atoms with van der Waals surface area (Å²) in [6, 6.07) is 2.86. The molecule has 0 aromatic heterocycles. The molecule has 1 aromatic carbocycles. The molecule has 0 heterocycles. The summed E-state index contributed by atoms with van der Waals surface area (Å²) in [5, 5.41) is 1.04. The van der Waals surface area contributed by atoms with Gasteiger partial charge in [0, 0.05) is 16.4 Å². The molecule has 1 atom stereocenters. The summed E-state index contributed by atoms with van der Waals surface area (Å²) in [6.45, 7) is 0. The largest absolute Gasteiger partial charge is 0.466 e. The Balaban J connectivity index is 2.85. The van der Waals surface area contributed by atoms with Crippen molar-refractivity contribution in [1.29, 1.82) is 0 Å². The summed E-state index contributed by atoms with van der Waals surface area (Å²) < 4.78 is 41.1.